The van der Waals surface area contributed by atoms with Crippen LogP contribution in [0.3, 0.4) is 0 Å². The highest BCUT2D eigenvalue weighted by molar-refractivity contribution is 7.45. The van der Waals surface area contributed by atoms with Crippen molar-refractivity contribution in [3.63, 3.8) is 0 Å². The first kappa shape index (κ1) is 16.0. The maximum atomic E-state index is 8.88. The topological polar surface area (TPSA) is 77.8 Å². The van der Waals surface area contributed by atoms with Crippen molar-refractivity contribution in [1.29, 1.82) is 0 Å². The molecule has 3 N–H and O–H groups in total. The predicted molar refractivity (Wildman–Crippen MR) is 56.5 cm³/mol. The Morgan fingerprint density at radius 1 is 1.14 bits per heavy atom. The van der Waals surface area contributed by atoms with Gasteiger partial charge in [-0.25, -0.2) is 4.57 Å². The Morgan fingerprint density at radius 3 is 1.50 bits per heavy atom. The molecule has 0 saturated heterocycles. The lowest BCUT2D eigenvalue weighted by Crippen LogP contribution is -2.39. The molecule has 0 fully saturated rings. The van der Waals surface area contributed by atoms with Crippen LogP contribution in [0, 0.1) is 0 Å². The van der Waals surface area contributed by atoms with Gasteiger partial charge in [0.2, 0.25) is 0 Å². The molecule has 0 unspecified atom stereocenters. The van der Waals surface area contributed by atoms with Gasteiger partial charge in [0.05, 0.1) is 27.2 Å². The summed E-state index contributed by atoms with van der Waals surface area (Å²) in [5.74, 6) is 0. The van der Waals surface area contributed by atoms with Crippen LogP contribution in [0.1, 0.15) is 0 Å². The third-order valence-corrected chi connectivity index (χ3v) is 1.25. The van der Waals surface area contributed by atoms with Gasteiger partial charge in [0.1, 0.15) is 0 Å². The molecule has 0 radical (unpaired) electrons. The van der Waals surface area contributed by atoms with Crippen molar-refractivity contribution in [2.45, 2.75) is 0 Å². The molecule has 0 heterocycles. The Kier molecular flexibility index (Phi) is 7.91. The number of rotatable bonds is 4. The van der Waals surface area contributed by atoms with Crippen LogP contribution >= 0.6 is 7.82 Å². The first-order valence-electron chi connectivity index (χ1n) is 3.94. The van der Waals surface area contributed by atoms with Gasteiger partial charge in [0, 0.05) is 0 Å². The van der Waals surface area contributed by atoms with E-state index in [0.717, 1.165) is 17.6 Å². The number of quaternary nitrogens is 1. The fourth-order valence-corrected chi connectivity index (χ4v) is 0.774. The van der Waals surface area contributed by atoms with Gasteiger partial charge in [0.25, 0.3) is 0 Å². The van der Waals surface area contributed by atoms with Crippen LogP contribution in [0.15, 0.2) is 25.3 Å². The van der Waals surface area contributed by atoms with Crippen molar-refractivity contribution < 1.29 is 23.7 Å². The lowest BCUT2D eigenvalue weighted by Gasteiger charge is -2.26. The second-order valence-electron chi connectivity index (χ2n) is 3.39. The lowest BCUT2D eigenvalue weighted by atomic mass is 10.4. The van der Waals surface area contributed by atoms with E-state index in [1.165, 1.54) is 0 Å². The Labute approximate surface area is 84.8 Å². The quantitative estimate of drug-likeness (QED) is 0.369. The van der Waals surface area contributed by atoms with Crippen LogP contribution in [-0.4, -0.2) is 46.3 Å². The molecule has 5 nitrogen and oxygen atoms in total. The lowest BCUT2D eigenvalue weighted by molar-refractivity contribution is -0.878. The van der Waals surface area contributed by atoms with Crippen LogP contribution in [0.25, 0.3) is 0 Å². The van der Waals surface area contributed by atoms with E-state index in [1.807, 2.05) is 12.2 Å². The Bertz CT molecular complexity index is 201. The van der Waals surface area contributed by atoms with Gasteiger partial charge >= 0.3 is 7.82 Å². The Morgan fingerprint density at radius 2 is 1.36 bits per heavy atom. The second kappa shape index (κ2) is 6.92. The van der Waals surface area contributed by atoms with Crippen LogP contribution in [0.2, 0.25) is 0 Å². The highest BCUT2D eigenvalue weighted by atomic mass is 31.2. The van der Waals surface area contributed by atoms with Crippen LogP contribution in [0.4, 0.5) is 0 Å². The molecule has 0 spiro atoms. The average Bonchev–Trinajstić information content (AvgIpc) is 1.81. The third kappa shape index (κ3) is 22.6. The fourth-order valence-electron chi connectivity index (χ4n) is 0.774. The van der Waals surface area contributed by atoms with Gasteiger partial charge in [0.15, 0.2) is 0 Å². The summed E-state index contributed by atoms with van der Waals surface area (Å²) in [5, 5.41) is 0. The van der Waals surface area contributed by atoms with E-state index in [1.54, 1.807) is 0 Å². The van der Waals surface area contributed by atoms with E-state index >= 15 is 0 Å². The van der Waals surface area contributed by atoms with E-state index < -0.39 is 7.82 Å². The molecule has 14 heavy (non-hydrogen) atoms. The molecular formula is C8H19NO4P+. The molecule has 0 aliphatic heterocycles. The summed E-state index contributed by atoms with van der Waals surface area (Å²) in [6.45, 7) is 9.37. The maximum absolute atomic E-state index is 8.88. The summed E-state index contributed by atoms with van der Waals surface area (Å²) in [6.07, 6.45) is 3.87. The van der Waals surface area contributed by atoms with Crippen molar-refractivity contribution in [2.75, 3.05) is 27.2 Å². The third-order valence-electron chi connectivity index (χ3n) is 1.25. The highest BCUT2D eigenvalue weighted by Crippen LogP contribution is 2.25. The van der Waals surface area contributed by atoms with Gasteiger partial charge in [-0.1, -0.05) is 13.2 Å². The predicted octanol–water partition coefficient (Wildman–Crippen LogP) is 0.506. The smallest absolute Gasteiger partial charge is 0.322 e. The normalized spacial score (nSPS) is 11.2. The number of hydrogen-bond acceptors (Lipinski definition) is 1. The van der Waals surface area contributed by atoms with E-state index in [4.69, 9.17) is 19.2 Å². The highest BCUT2D eigenvalue weighted by Gasteiger charge is 2.07. The zero-order valence-corrected chi connectivity index (χ0v) is 9.52. The number of likely N-dealkylation sites (N-methyl/N-ethyl adjacent to an activating group) is 1. The standard InChI is InChI=1S/C8H16N.H3O4P/c1-5-7-9(3,4)8-6-2;1-5(2,3)4/h5-6H,1-2,7-8H2,3-4H3;(H3,1,2,3,4)/q+1;. The molecule has 0 amide bonds. The number of hydrogen-bond donors (Lipinski definition) is 3. The van der Waals surface area contributed by atoms with E-state index in [2.05, 4.69) is 27.3 Å². The summed E-state index contributed by atoms with van der Waals surface area (Å²) in [4.78, 5) is 21.6. The fraction of sp³-hybridized carbons (Fsp3) is 0.500. The van der Waals surface area contributed by atoms with Crippen molar-refractivity contribution in [1.82, 2.24) is 0 Å². The van der Waals surface area contributed by atoms with Crippen molar-refractivity contribution in [3.05, 3.63) is 25.3 Å². The monoisotopic (exact) mass is 224 g/mol. The molecular weight excluding hydrogens is 205 g/mol. The minimum Gasteiger partial charge on any atom is -0.322 e. The number of nitrogens with zero attached hydrogens (tertiary/aromatic N) is 1. The average molecular weight is 224 g/mol. The van der Waals surface area contributed by atoms with Crippen molar-refractivity contribution >= 4 is 7.82 Å². The molecule has 0 aromatic heterocycles. The molecule has 0 saturated carbocycles. The van der Waals surface area contributed by atoms with Gasteiger partial charge in [-0.3, -0.25) is 0 Å². The zero-order valence-electron chi connectivity index (χ0n) is 8.63. The van der Waals surface area contributed by atoms with Gasteiger partial charge < -0.3 is 19.2 Å². The molecule has 0 atom stereocenters. The molecule has 0 aromatic rings. The van der Waals surface area contributed by atoms with Crippen LogP contribution < -0.4 is 0 Å². The van der Waals surface area contributed by atoms with Crippen molar-refractivity contribution in [3.8, 4) is 0 Å². The van der Waals surface area contributed by atoms with E-state index in [9.17, 15) is 0 Å². The zero-order chi connectivity index (χ0) is 11.8. The maximum Gasteiger partial charge on any atom is 0.466 e. The van der Waals surface area contributed by atoms with Crippen LogP contribution in [-0.2, 0) is 4.57 Å². The first-order valence-corrected chi connectivity index (χ1v) is 5.51. The molecule has 84 valence electrons. The summed E-state index contributed by atoms with van der Waals surface area (Å²) in [7, 11) is -0.327. The molecule has 0 aliphatic carbocycles. The van der Waals surface area contributed by atoms with Crippen LogP contribution in [0.5, 0.6) is 0 Å². The van der Waals surface area contributed by atoms with Gasteiger partial charge in [-0.15, -0.1) is 0 Å². The summed E-state index contributed by atoms with van der Waals surface area (Å²) in [5.41, 5.74) is 0. The molecule has 0 bridgehead atoms. The SMILES string of the molecule is C=CC[N+](C)(C)CC=C.O=P(O)(O)O. The first-order chi connectivity index (χ1) is 6.12. The van der Waals surface area contributed by atoms with E-state index in [0.29, 0.717) is 0 Å². The van der Waals surface area contributed by atoms with Gasteiger partial charge in [-0.05, 0) is 12.2 Å². The van der Waals surface area contributed by atoms with E-state index in [-0.39, 0.29) is 0 Å². The van der Waals surface area contributed by atoms with Crippen molar-refractivity contribution in [2.24, 2.45) is 0 Å². The molecule has 6 heteroatoms. The second-order valence-corrected chi connectivity index (χ2v) is 4.42. The molecule has 0 rings (SSSR count). The minimum absolute atomic E-state index is 0.951. The molecule has 0 aliphatic rings. The molecule has 0 aromatic carbocycles. The summed E-state index contributed by atoms with van der Waals surface area (Å²) in [6, 6.07) is 0. The van der Waals surface area contributed by atoms with Gasteiger partial charge in [-0.2, -0.15) is 0 Å². The minimum atomic E-state index is -4.64. The number of phosphoric acid groups is 1. The Balaban J connectivity index is 0. The summed E-state index contributed by atoms with van der Waals surface area (Å²) < 4.78 is 9.83. The summed E-state index contributed by atoms with van der Waals surface area (Å²) >= 11 is 0. The Hall–Kier alpha value is -0.450. The largest absolute Gasteiger partial charge is 0.466 e.